The van der Waals surface area contributed by atoms with Gasteiger partial charge in [0.2, 0.25) is 0 Å². The lowest BCUT2D eigenvalue weighted by Crippen LogP contribution is -2.20. The molecule has 0 radical (unpaired) electrons. The first-order valence-corrected chi connectivity index (χ1v) is 8.14. The van der Waals surface area contributed by atoms with Gasteiger partial charge in [-0.05, 0) is 43.8 Å². The number of hydrogen-bond acceptors (Lipinski definition) is 1. The number of rotatable bonds is 11. The van der Waals surface area contributed by atoms with Gasteiger partial charge in [-0.2, -0.15) is 0 Å². The van der Waals surface area contributed by atoms with E-state index < -0.39 is 0 Å². The summed E-state index contributed by atoms with van der Waals surface area (Å²) in [6, 6.07) is 0. The summed E-state index contributed by atoms with van der Waals surface area (Å²) in [6.07, 6.45) is 24.9. The van der Waals surface area contributed by atoms with Crippen LogP contribution in [0.4, 0.5) is 0 Å². The summed E-state index contributed by atoms with van der Waals surface area (Å²) >= 11 is 0. The summed E-state index contributed by atoms with van der Waals surface area (Å²) in [5.41, 5.74) is 0. The standard InChI is InChI=1S/C19H30O/c1-3-5-6-7-8-9-10-11-12-15-18(4-2)19-16-13-14-17-20-19/h3,5-6,13-14,16-19H,1,4,7-12,15H2,2H3/b6-5-. The lowest BCUT2D eigenvalue weighted by atomic mass is 9.92. The summed E-state index contributed by atoms with van der Waals surface area (Å²) in [6.45, 7) is 5.95. The molecule has 2 atom stereocenters. The molecule has 0 amide bonds. The molecule has 1 heteroatoms. The molecule has 0 aromatic heterocycles. The molecule has 2 unspecified atom stereocenters. The van der Waals surface area contributed by atoms with Gasteiger partial charge in [0.1, 0.15) is 6.10 Å². The molecule has 0 aromatic carbocycles. The monoisotopic (exact) mass is 274 g/mol. The molecule has 1 heterocycles. The molecule has 20 heavy (non-hydrogen) atoms. The van der Waals surface area contributed by atoms with Crippen molar-refractivity contribution < 1.29 is 4.74 Å². The zero-order valence-corrected chi connectivity index (χ0v) is 13.0. The molecule has 0 saturated heterocycles. The topological polar surface area (TPSA) is 9.23 Å². The van der Waals surface area contributed by atoms with Crippen molar-refractivity contribution in [2.24, 2.45) is 5.92 Å². The van der Waals surface area contributed by atoms with E-state index in [0.717, 1.165) is 0 Å². The van der Waals surface area contributed by atoms with Crippen molar-refractivity contribution in [3.05, 3.63) is 49.3 Å². The molecule has 0 saturated carbocycles. The Morgan fingerprint density at radius 3 is 2.65 bits per heavy atom. The normalized spacial score (nSPS) is 19.1. The third-order valence-corrected chi connectivity index (χ3v) is 3.93. The number of ether oxygens (including phenoxy) is 1. The van der Waals surface area contributed by atoms with E-state index in [1.807, 2.05) is 24.5 Å². The van der Waals surface area contributed by atoms with E-state index in [1.165, 1.54) is 51.4 Å². The lowest BCUT2D eigenvalue weighted by Gasteiger charge is -2.24. The van der Waals surface area contributed by atoms with E-state index in [9.17, 15) is 0 Å². The molecule has 0 aliphatic carbocycles. The number of hydrogen-bond donors (Lipinski definition) is 0. The molecular formula is C19H30O. The zero-order valence-electron chi connectivity index (χ0n) is 13.0. The van der Waals surface area contributed by atoms with Crippen molar-refractivity contribution in [1.82, 2.24) is 0 Å². The number of unbranched alkanes of at least 4 members (excludes halogenated alkanes) is 5. The van der Waals surface area contributed by atoms with E-state index >= 15 is 0 Å². The maximum absolute atomic E-state index is 5.68. The highest BCUT2D eigenvalue weighted by Gasteiger charge is 2.18. The van der Waals surface area contributed by atoms with Gasteiger partial charge in [0.05, 0.1) is 6.26 Å². The SMILES string of the molecule is C=C/C=C\CCCCCCCC(CC)C1C=CC=CO1. The maximum atomic E-state index is 5.68. The van der Waals surface area contributed by atoms with Crippen LogP contribution in [0.15, 0.2) is 49.3 Å². The van der Waals surface area contributed by atoms with E-state index in [0.29, 0.717) is 12.0 Å². The quantitative estimate of drug-likeness (QED) is 0.334. The molecule has 0 fully saturated rings. The average molecular weight is 274 g/mol. The number of allylic oxidation sites excluding steroid dienone is 5. The second kappa shape index (κ2) is 11.6. The zero-order chi connectivity index (χ0) is 14.5. The van der Waals surface area contributed by atoms with E-state index in [1.54, 1.807) is 0 Å². The molecule has 0 spiro atoms. The van der Waals surface area contributed by atoms with Crippen molar-refractivity contribution in [2.45, 2.75) is 64.4 Å². The summed E-state index contributed by atoms with van der Waals surface area (Å²) in [5.74, 6) is 0.673. The molecule has 0 N–H and O–H groups in total. The molecule has 0 aromatic rings. The highest BCUT2D eigenvalue weighted by atomic mass is 16.5. The third kappa shape index (κ3) is 7.37. The van der Waals surface area contributed by atoms with Gasteiger partial charge in [-0.3, -0.25) is 0 Å². The van der Waals surface area contributed by atoms with Crippen molar-refractivity contribution in [3.63, 3.8) is 0 Å². The van der Waals surface area contributed by atoms with E-state index in [2.05, 4.69) is 31.7 Å². The van der Waals surface area contributed by atoms with Crippen LogP contribution in [0.2, 0.25) is 0 Å². The maximum Gasteiger partial charge on any atom is 0.119 e. The van der Waals surface area contributed by atoms with Gasteiger partial charge in [0, 0.05) is 0 Å². The van der Waals surface area contributed by atoms with Crippen LogP contribution >= 0.6 is 0 Å². The van der Waals surface area contributed by atoms with Crippen LogP contribution in [0, 0.1) is 5.92 Å². The smallest absolute Gasteiger partial charge is 0.119 e. The second-order valence-electron chi connectivity index (χ2n) is 5.49. The Bertz CT molecular complexity index is 325. The highest BCUT2D eigenvalue weighted by Crippen LogP contribution is 2.23. The second-order valence-corrected chi connectivity index (χ2v) is 5.49. The van der Waals surface area contributed by atoms with Gasteiger partial charge < -0.3 is 4.74 Å². The molecule has 112 valence electrons. The van der Waals surface area contributed by atoms with Gasteiger partial charge in [0.25, 0.3) is 0 Å². The predicted molar refractivity (Wildman–Crippen MR) is 88.6 cm³/mol. The first-order chi connectivity index (χ1) is 9.88. The van der Waals surface area contributed by atoms with Crippen LogP contribution in [0.25, 0.3) is 0 Å². The fourth-order valence-electron chi connectivity index (χ4n) is 2.66. The molecule has 1 nitrogen and oxygen atoms in total. The molecule has 1 aliphatic heterocycles. The van der Waals surface area contributed by atoms with E-state index in [4.69, 9.17) is 4.74 Å². The minimum atomic E-state index is 0.300. The Hall–Kier alpha value is -1.24. The Kier molecular flexibility index (Phi) is 9.73. The van der Waals surface area contributed by atoms with Gasteiger partial charge in [0.15, 0.2) is 0 Å². The average Bonchev–Trinajstić information content (AvgIpc) is 2.50. The van der Waals surface area contributed by atoms with E-state index in [-0.39, 0.29) is 0 Å². The largest absolute Gasteiger partial charge is 0.494 e. The van der Waals surface area contributed by atoms with Crippen LogP contribution in [0.5, 0.6) is 0 Å². The molecule has 0 bridgehead atoms. The first kappa shape index (κ1) is 16.8. The first-order valence-electron chi connectivity index (χ1n) is 8.14. The Balaban J connectivity index is 2.01. The van der Waals surface area contributed by atoms with Crippen LogP contribution in [0.3, 0.4) is 0 Å². The minimum Gasteiger partial charge on any atom is -0.494 e. The fourth-order valence-corrected chi connectivity index (χ4v) is 2.66. The Morgan fingerprint density at radius 2 is 1.95 bits per heavy atom. The molecule has 1 rings (SSSR count). The van der Waals surface area contributed by atoms with Crippen molar-refractivity contribution >= 4 is 0 Å². The van der Waals surface area contributed by atoms with Crippen LogP contribution in [-0.4, -0.2) is 6.10 Å². The third-order valence-electron chi connectivity index (χ3n) is 3.93. The van der Waals surface area contributed by atoms with Gasteiger partial charge in [-0.25, -0.2) is 0 Å². The summed E-state index contributed by atoms with van der Waals surface area (Å²) in [4.78, 5) is 0. The minimum absolute atomic E-state index is 0.300. The van der Waals surface area contributed by atoms with Crippen molar-refractivity contribution in [3.8, 4) is 0 Å². The van der Waals surface area contributed by atoms with Gasteiger partial charge in [-0.15, -0.1) is 0 Å². The molecule has 1 aliphatic rings. The highest BCUT2D eigenvalue weighted by molar-refractivity contribution is 5.08. The summed E-state index contributed by atoms with van der Waals surface area (Å²) in [7, 11) is 0. The van der Waals surface area contributed by atoms with Gasteiger partial charge >= 0.3 is 0 Å². The lowest BCUT2D eigenvalue weighted by molar-refractivity contribution is 0.114. The fraction of sp³-hybridized carbons (Fsp3) is 0.579. The Morgan fingerprint density at radius 1 is 1.15 bits per heavy atom. The Labute approximate surface area is 125 Å². The predicted octanol–water partition coefficient (Wildman–Crippen LogP) is 5.95. The van der Waals surface area contributed by atoms with Crippen LogP contribution in [-0.2, 0) is 4.74 Å². The van der Waals surface area contributed by atoms with Crippen LogP contribution < -0.4 is 0 Å². The van der Waals surface area contributed by atoms with Crippen LogP contribution in [0.1, 0.15) is 58.3 Å². The van der Waals surface area contributed by atoms with Crippen molar-refractivity contribution in [1.29, 1.82) is 0 Å². The van der Waals surface area contributed by atoms with Crippen molar-refractivity contribution in [2.75, 3.05) is 0 Å². The van der Waals surface area contributed by atoms with Gasteiger partial charge in [-0.1, -0.05) is 63.5 Å². The molecular weight excluding hydrogens is 244 g/mol. The summed E-state index contributed by atoms with van der Waals surface area (Å²) in [5, 5.41) is 0. The summed E-state index contributed by atoms with van der Waals surface area (Å²) < 4.78 is 5.68.